The smallest absolute Gasteiger partial charge is 0.391 e. The summed E-state index contributed by atoms with van der Waals surface area (Å²) in [6, 6.07) is -0.756. The Labute approximate surface area is 463 Å². The van der Waals surface area contributed by atoms with Crippen molar-refractivity contribution in [1.29, 1.82) is 0 Å². The van der Waals surface area contributed by atoms with Gasteiger partial charge in [-0.25, -0.2) is 4.57 Å². The fraction of sp³-hybridized carbons (Fsp3) is 0.985. The van der Waals surface area contributed by atoms with Crippen molar-refractivity contribution < 1.29 is 32.9 Å². The van der Waals surface area contributed by atoms with Gasteiger partial charge in [-0.2, -0.15) is 0 Å². The summed E-state index contributed by atoms with van der Waals surface area (Å²) in [5.74, 6) is -0.134. The highest BCUT2D eigenvalue weighted by atomic mass is 31.2. The summed E-state index contributed by atoms with van der Waals surface area (Å²) in [6.45, 7) is 4.96. The predicted molar refractivity (Wildman–Crippen MR) is 323 cm³/mol. The van der Waals surface area contributed by atoms with Gasteiger partial charge in [-0.05, 0) is 12.8 Å². The highest BCUT2D eigenvalue weighted by molar-refractivity contribution is 7.47. The third-order valence-corrected chi connectivity index (χ3v) is 16.8. The number of carbonyl (C=O) groups is 1. The number of aliphatic hydroxyl groups is 1. The summed E-state index contributed by atoms with van der Waals surface area (Å²) in [5, 5.41) is 14.1. The van der Waals surface area contributed by atoms with Gasteiger partial charge in [0.2, 0.25) is 5.91 Å². The third-order valence-electron chi connectivity index (χ3n) is 15.9. The number of unbranched alkanes of at least 4 members (excludes halogenated alkanes) is 50. The van der Waals surface area contributed by atoms with Gasteiger partial charge in [-0.3, -0.25) is 13.8 Å². The van der Waals surface area contributed by atoms with Crippen LogP contribution in [0.2, 0.25) is 0 Å². The molecule has 3 unspecified atom stereocenters. The van der Waals surface area contributed by atoms with Crippen LogP contribution in [0.25, 0.3) is 0 Å². The van der Waals surface area contributed by atoms with E-state index < -0.39 is 20.0 Å². The van der Waals surface area contributed by atoms with E-state index in [-0.39, 0.29) is 19.1 Å². The summed E-state index contributed by atoms with van der Waals surface area (Å²) in [6.07, 6.45) is 70.5. The molecule has 1 amide bonds. The molecule has 0 saturated heterocycles. The molecule has 0 aliphatic heterocycles. The first-order valence-electron chi connectivity index (χ1n) is 33.4. The van der Waals surface area contributed by atoms with E-state index in [1.54, 1.807) is 0 Å². The molecule has 0 aromatic heterocycles. The second kappa shape index (κ2) is 57.2. The van der Waals surface area contributed by atoms with Gasteiger partial charge in [0.1, 0.15) is 13.2 Å². The van der Waals surface area contributed by atoms with E-state index in [4.69, 9.17) is 9.05 Å². The number of nitrogens with zero attached hydrogens (tertiary/aromatic N) is 1. The van der Waals surface area contributed by atoms with Gasteiger partial charge in [0.25, 0.3) is 0 Å². The Morgan fingerprint density at radius 2 is 0.649 bits per heavy atom. The van der Waals surface area contributed by atoms with Crippen LogP contribution in [0.3, 0.4) is 0 Å². The Hall–Kier alpha value is -0.500. The molecule has 8 nitrogen and oxygen atoms in total. The molecule has 0 aliphatic rings. The second-order valence-corrected chi connectivity index (χ2v) is 26.0. The van der Waals surface area contributed by atoms with Crippen LogP contribution in [0.5, 0.6) is 0 Å². The number of likely N-dealkylation sites (N-methyl/N-ethyl adjacent to an activating group) is 1. The van der Waals surface area contributed by atoms with Gasteiger partial charge < -0.3 is 19.8 Å². The van der Waals surface area contributed by atoms with E-state index in [1.807, 2.05) is 21.1 Å². The highest BCUT2D eigenvalue weighted by Crippen LogP contribution is 2.43. The number of phosphoric ester groups is 1. The Morgan fingerprint density at radius 1 is 0.405 bits per heavy atom. The maximum absolute atomic E-state index is 13.1. The molecule has 0 radical (unpaired) electrons. The SMILES string of the molecule is CCCCCCCCCCCCCCCCCCCCCCCCCCCCCCC(=O)NC(COP(=O)(O)OCC[N+](C)(C)C)C(O)CCCCCCCCCCCCCCCCCCCCCCCCCC. The first kappa shape index (κ1) is 73.5. The van der Waals surface area contributed by atoms with Crippen molar-refractivity contribution in [2.45, 2.75) is 373 Å². The number of quaternary nitrogens is 1. The van der Waals surface area contributed by atoms with Gasteiger partial charge in [-0.15, -0.1) is 0 Å². The molecule has 0 fully saturated rings. The number of hydrogen-bond donors (Lipinski definition) is 3. The molecule has 74 heavy (non-hydrogen) atoms. The molecule has 9 heteroatoms. The molecule has 0 spiro atoms. The monoisotopic (exact) mass is 1070 g/mol. The van der Waals surface area contributed by atoms with E-state index in [2.05, 4.69) is 19.2 Å². The molecule has 444 valence electrons. The minimum atomic E-state index is -4.32. The Kier molecular flexibility index (Phi) is 56.8. The van der Waals surface area contributed by atoms with Crippen LogP contribution in [0, 0.1) is 0 Å². The number of phosphoric acid groups is 1. The maximum Gasteiger partial charge on any atom is 0.472 e. The van der Waals surface area contributed by atoms with E-state index in [1.165, 1.54) is 295 Å². The van der Waals surface area contributed by atoms with Crippen LogP contribution in [0.1, 0.15) is 361 Å². The third kappa shape index (κ3) is 59.2. The lowest BCUT2D eigenvalue weighted by Crippen LogP contribution is -2.46. The Bertz CT molecular complexity index is 1170. The number of nitrogens with one attached hydrogen (secondary N) is 1. The number of aliphatic hydroxyl groups excluding tert-OH is 1. The molecule has 0 heterocycles. The summed E-state index contributed by atoms with van der Waals surface area (Å²) < 4.78 is 23.9. The van der Waals surface area contributed by atoms with E-state index in [0.29, 0.717) is 23.9 Å². The first-order chi connectivity index (χ1) is 36.0. The molecule has 0 rings (SSSR count). The second-order valence-electron chi connectivity index (χ2n) is 24.6. The van der Waals surface area contributed by atoms with Crippen LogP contribution >= 0.6 is 7.82 Å². The fourth-order valence-corrected chi connectivity index (χ4v) is 11.4. The molecular weight excluding hydrogens is 936 g/mol. The Balaban J connectivity index is 4.02. The van der Waals surface area contributed by atoms with Crippen molar-refractivity contribution in [3.63, 3.8) is 0 Å². The average Bonchev–Trinajstić information content (AvgIpc) is 3.36. The van der Waals surface area contributed by atoms with Gasteiger partial charge in [0.05, 0.1) is 39.9 Å². The van der Waals surface area contributed by atoms with Crippen LogP contribution in [0.4, 0.5) is 0 Å². The minimum absolute atomic E-state index is 0.0794. The zero-order chi connectivity index (χ0) is 54.2. The highest BCUT2D eigenvalue weighted by Gasteiger charge is 2.28. The summed E-state index contributed by atoms with van der Waals surface area (Å²) in [5.41, 5.74) is 0. The van der Waals surface area contributed by atoms with Crippen LogP contribution in [-0.4, -0.2) is 73.4 Å². The van der Waals surface area contributed by atoms with Crippen molar-refractivity contribution in [3.8, 4) is 0 Å². The number of carbonyl (C=O) groups excluding carboxylic acids is 1. The summed E-state index contributed by atoms with van der Waals surface area (Å²) in [7, 11) is 1.64. The lowest BCUT2D eigenvalue weighted by molar-refractivity contribution is -0.870. The van der Waals surface area contributed by atoms with Crippen LogP contribution < -0.4 is 5.32 Å². The molecule has 0 aromatic carbocycles. The van der Waals surface area contributed by atoms with E-state index >= 15 is 0 Å². The average molecular weight is 1070 g/mol. The molecule has 0 aliphatic carbocycles. The Morgan fingerprint density at radius 3 is 0.905 bits per heavy atom. The topological polar surface area (TPSA) is 105 Å². The largest absolute Gasteiger partial charge is 0.472 e. The molecule has 3 atom stereocenters. The van der Waals surface area contributed by atoms with Crippen molar-refractivity contribution in [2.75, 3.05) is 40.9 Å². The number of amides is 1. The fourth-order valence-electron chi connectivity index (χ4n) is 10.6. The van der Waals surface area contributed by atoms with Crippen molar-refractivity contribution in [3.05, 3.63) is 0 Å². The molecule has 0 bridgehead atoms. The predicted octanol–water partition coefficient (Wildman–Crippen LogP) is 20.8. The van der Waals surface area contributed by atoms with E-state index in [0.717, 1.165) is 38.5 Å². The van der Waals surface area contributed by atoms with E-state index in [9.17, 15) is 19.4 Å². The van der Waals surface area contributed by atoms with Crippen molar-refractivity contribution in [1.82, 2.24) is 5.32 Å². The van der Waals surface area contributed by atoms with Gasteiger partial charge in [0, 0.05) is 6.42 Å². The minimum Gasteiger partial charge on any atom is -0.391 e. The van der Waals surface area contributed by atoms with Gasteiger partial charge in [0.15, 0.2) is 0 Å². The van der Waals surface area contributed by atoms with Gasteiger partial charge in [-0.1, -0.05) is 341 Å². The van der Waals surface area contributed by atoms with Gasteiger partial charge >= 0.3 is 7.82 Å². The van der Waals surface area contributed by atoms with Crippen LogP contribution in [0.15, 0.2) is 0 Å². The quantitative estimate of drug-likeness (QED) is 0.0318. The summed E-state index contributed by atoms with van der Waals surface area (Å²) in [4.78, 5) is 23.4. The summed E-state index contributed by atoms with van der Waals surface area (Å²) >= 11 is 0. The van der Waals surface area contributed by atoms with Crippen molar-refractivity contribution >= 4 is 13.7 Å². The molecule has 0 saturated carbocycles. The zero-order valence-corrected chi connectivity index (χ0v) is 51.8. The van der Waals surface area contributed by atoms with Crippen molar-refractivity contribution in [2.24, 2.45) is 0 Å². The van der Waals surface area contributed by atoms with Crippen LogP contribution in [-0.2, 0) is 18.4 Å². The maximum atomic E-state index is 13.1. The zero-order valence-electron chi connectivity index (χ0n) is 50.9. The standard InChI is InChI=1S/C65H133N2O6P/c1-6-8-10-12-14-16-18-20-22-24-26-28-30-32-33-34-35-37-39-41-43-45-47-49-51-53-55-57-59-65(69)66-63(62-73-74(70,71)72-61-60-67(3,4)5)64(68)58-56-54-52-50-48-46-44-42-40-38-36-31-29-27-25-23-21-19-17-15-13-11-9-7-2/h63-64,68H,6-62H2,1-5H3,(H-,66,69,70,71)/p+1. The first-order valence-corrected chi connectivity index (χ1v) is 34.9. The molecular formula is C65H134N2O6P+. The lowest BCUT2D eigenvalue weighted by atomic mass is 10.0. The lowest BCUT2D eigenvalue weighted by Gasteiger charge is -2.26. The molecule has 0 aromatic rings. The normalized spacial score (nSPS) is 13.7. The number of rotatable bonds is 63. The molecule has 3 N–H and O–H groups in total. The number of hydrogen-bond acceptors (Lipinski definition) is 5.